The molecular weight excluding hydrogens is 174 g/mol. The van der Waals surface area contributed by atoms with E-state index in [0.717, 1.165) is 5.06 Å². The fourth-order valence-electron chi connectivity index (χ4n) is 1.40. The molecule has 0 radical (unpaired) electrons. The maximum absolute atomic E-state index is 11.2. The van der Waals surface area contributed by atoms with Gasteiger partial charge in [-0.05, 0) is 13.3 Å². The van der Waals surface area contributed by atoms with Crippen molar-refractivity contribution in [3.8, 4) is 0 Å². The summed E-state index contributed by atoms with van der Waals surface area (Å²) in [6.07, 6.45) is -0.289. The first-order valence-electron chi connectivity index (χ1n) is 4.43. The van der Waals surface area contributed by atoms with Crippen molar-refractivity contribution in [3.05, 3.63) is 0 Å². The van der Waals surface area contributed by atoms with E-state index in [-0.39, 0.29) is 6.54 Å². The van der Waals surface area contributed by atoms with Gasteiger partial charge in [0.1, 0.15) is 0 Å². The van der Waals surface area contributed by atoms with Crippen LogP contribution in [0.25, 0.3) is 0 Å². The average molecular weight is 189 g/mol. The Kier molecular flexibility index (Phi) is 3.65. The Morgan fingerprint density at radius 3 is 3.00 bits per heavy atom. The van der Waals surface area contributed by atoms with Crippen LogP contribution < -0.4 is 0 Å². The van der Waals surface area contributed by atoms with Crippen LogP contribution in [0.5, 0.6) is 0 Å². The Bertz CT molecular complexity index is 185. The van der Waals surface area contributed by atoms with Crippen molar-refractivity contribution in [1.82, 2.24) is 5.06 Å². The van der Waals surface area contributed by atoms with Gasteiger partial charge in [0.25, 0.3) is 0 Å². The highest BCUT2D eigenvalue weighted by Crippen LogP contribution is 2.17. The number of ether oxygens (including phenoxy) is 1. The number of piperidine rings is 1. The van der Waals surface area contributed by atoms with Gasteiger partial charge in [-0.2, -0.15) is 5.06 Å². The van der Waals surface area contributed by atoms with Crippen molar-refractivity contribution in [2.75, 3.05) is 19.7 Å². The van der Waals surface area contributed by atoms with Crippen molar-refractivity contribution >= 4 is 5.97 Å². The minimum Gasteiger partial charge on any atom is -0.466 e. The summed E-state index contributed by atoms with van der Waals surface area (Å²) in [5.74, 6) is -1.05. The lowest BCUT2D eigenvalue weighted by molar-refractivity contribution is -0.174. The minimum absolute atomic E-state index is 0.153. The number of rotatable bonds is 2. The van der Waals surface area contributed by atoms with Crippen LogP contribution in [-0.2, 0) is 9.53 Å². The molecule has 13 heavy (non-hydrogen) atoms. The molecule has 1 saturated heterocycles. The molecule has 2 atom stereocenters. The van der Waals surface area contributed by atoms with E-state index in [1.807, 2.05) is 0 Å². The number of esters is 1. The third kappa shape index (κ3) is 2.65. The van der Waals surface area contributed by atoms with Crippen LogP contribution in [0.15, 0.2) is 0 Å². The fraction of sp³-hybridized carbons (Fsp3) is 0.875. The number of nitrogens with zero attached hydrogens (tertiary/aromatic N) is 1. The summed E-state index contributed by atoms with van der Waals surface area (Å²) >= 11 is 0. The van der Waals surface area contributed by atoms with E-state index in [1.165, 1.54) is 0 Å². The molecule has 2 N–H and O–H groups in total. The topological polar surface area (TPSA) is 70.0 Å². The van der Waals surface area contributed by atoms with Gasteiger partial charge in [-0.25, -0.2) is 0 Å². The SMILES string of the molecule is CCOC(=O)C1CN(O)CCC1O. The summed E-state index contributed by atoms with van der Waals surface area (Å²) in [6, 6.07) is 0. The summed E-state index contributed by atoms with van der Waals surface area (Å²) in [4.78, 5) is 11.2. The van der Waals surface area contributed by atoms with Crippen LogP contribution in [0.4, 0.5) is 0 Å². The van der Waals surface area contributed by atoms with Gasteiger partial charge in [-0.15, -0.1) is 0 Å². The lowest BCUT2D eigenvalue weighted by atomic mass is 9.96. The zero-order chi connectivity index (χ0) is 9.84. The summed E-state index contributed by atoms with van der Waals surface area (Å²) in [6.45, 7) is 2.56. The summed E-state index contributed by atoms with van der Waals surface area (Å²) in [7, 11) is 0. The Labute approximate surface area is 76.9 Å². The molecule has 5 heteroatoms. The summed E-state index contributed by atoms with van der Waals surface area (Å²) in [5, 5.41) is 19.6. The number of carbonyl (C=O) groups is 1. The van der Waals surface area contributed by atoms with Crippen molar-refractivity contribution < 1.29 is 19.8 Å². The first-order chi connectivity index (χ1) is 6.15. The molecule has 2 unspecified atom stereocenters. The smallest absolute Gasteiger partial charge is 0.312 e. The predicted octanol–water partition coefficient (Wildman–Crippen LogP) is -0.379. The van der Waals surface area contributed by atoms with E-state index in [1.54, 1.807) is 6.92 Å². The first kappa shape index (κ1) is 10.4. The lowest BCUT2D eigenvalue weighted by Gasteiger charge is -2.30. The molecule has 1 aliphatic rings. The normalized spacial score (nSPS) is 30.1. The predicted molar refractivity (Wildman–Crippen MR) is 44.1 cm³/mol. The summed E-state index contributed by atoms with van der Waals surface area (Å²) < 4.78 is 4.76. The van der Waals surface area contributed by atoms with Crippen molar-refractivity contribution in [1.29, 1.82) is 0 Å². The molecule has 0 aromatic rings. The third-order valence-electron chi connectivity index (χ3n) is 2.14. The van der Waals surface area contributed by atoms with E-state index in [9.17, 15) is 9.90 Å². The Hall–Kier alpha value is -0.650. The van der Waals surface area contributed by atoms with Crippen LogP contribution in [0.2, 0.25) is 0 Å². The van der Waals surface area contributed by atoms with Gasteiger partial charge in [0.15, 0.2) is 0 Å². The molecule has 0 spiro atoms. The minimum atomic E-state index is -0.692. The molecule has 1 rings (SSSR count). The van der Waals surface area contributed by atoms with E-state index >= 15 is 0 Å². The fourth-order valence-corrected chi connectivity index (χ4v) is 1.40. The monoisotopic (exact) mass is 189 g/mol. The molecule has 1 fully saturated rings. The number of aliphatic hydroxyl groups is 1. The first-order valence-corrected chi connectivity index (χ1v) is 4.43. The zero-order valence-corrected chi connectivity index (χ0v) is 7.64. The molecule has 5 nitrogen and oxygen atoms in total. The molecule has 0 aromatic carbocycles. The third-order valence-corrected chi connectivity index (χ3v) is 2.14. The molecule has 0 aliphatic carbocycles. The van der Waals surface area contributed by atoms with Crippen LogP contribution in [0.3, 0.4) is 0 Å². The molecule has 76 valence electrons. The second-order valence-corrected chi connectivity index (χ2v) is 3.13. The molecule has 0 aromatic heterocycles. The van der Waals surface area contributed by atoms with Crippen molar-refractivity contribution in [2.24, 2.45) is 5.92 Å². The molecule has 1 heterocycles. The largest absolute Gasteiger partial charge is 0.466 e. The van der Waals surface area contributed by atoms with Crippen LogP contribution in [0, 0.1) is 5.92 Å². The Morgan fingerprint density at radius 1 is 1.69 bits per heavy atom. The number of hydrogen-bond donors (Lipinski definition) is 2. The van der Waals surface area contributed by atoms with Crippen molar-refractivity contribution in [3.63, 3.8) is 0 Å². The molecule has 0 amide bonds. The molecule has 0 saturated carbocycles. The number of hydrogen-bond acceptors (Lipinski definition) is 5. The van der Waals surface area contributed by atoms with E-state index in [2.05, 4.69) is 0 Å². The lowest BCUT2D eigenvalue weighted by Crippen LogP contribution is -2.45. The highest BCUT2D eigenvalue weighted by atomic mass is 16.5. The Morgan fingerprint density at radius 2 is 2.38 bits per heavy atom. The standard InChI is InChI=1S/C8H15NO4/c1-2-13-8(11)6-5-9(12)4-3-7(6)10/h6-7,10,12H,2-5H2,1H3. The van der Waals surface area contributed by atoms with E-state index in [0.29, 0.717) is 19.6 Å². The van der Waals surface area contributed by atoms with Gasteiger partial charge in [0.05, 0.1) is 18.6 Å². The summed E-state index contributed by atoms with van der Waals surface area (Å²) in [5.41, 5.74) is 0. The molecule has 0 bridgehead atoms. The molecule has 1 aliphatic heterocycles. The second-order valence-electron chi connectivity index (χ2n) is 3.13. The second kappa shape index (κ2) is 4.55. The van der Waals surface area contributed by atoms with Gasteiger partial charge in [0.2, 0.25) is 0 Å². The average Bonchev–Trinajstić information content (AvgIpc) is 2.09. The maximum atomic E-state index is 11.2. The quantitative estimate of drug-likeness (QED) is 0.579. The van der Waals surface area contributed by atoms with Gasteiger partial charge in [-0.3, -0.25) is 4.79 Å². The Balaban J connectivity index is 2.50. The van der Waals surface area contributed by atoms with Gasteiger partial charge in [0, 0.05) is 13.1 Å². The van der Waals surface area contributed by atoms with Gasteiger partial charge < -0.3 is 15.1 Å². The highest BCUT2D eigenvalue weighted by Gasteiger charge is 2.33. The van der Waals surface area contributed by atoms with Crippen LogP contribution >= 0.6 is 0 Å². The van der Waals surface area contributed by atoms with Crippen LogP contribution in [-0.4, -0.2) is 47.1 Å². The van der Waals surface area contributed by atoms with E-state index < -0.39 is 18.0 Å². The maximum Gasteiger partial charge on any atom is 0.312 e. The highest BCUT2D eigenvalue weighted by molar-refractivity contribution is 5.73. The van der Waals surface area contributed by atoms with Crippen molar-refractivity contribution in [2.45, 2.75) is 19.4 Å². The molecular formula is C8H15NO4. The number of hydroxylamine groups is 2. The van der Waals surface area contributed by atoms with Gasteiger partial charge >= 0.3 is 5.97 Å². The van der Waals surface area contributed by atoms with Crippen LogP contribution in [0.1, 0.15) is 13.3 Å². The zero-order valence-electron chi connectivity index (χ0n) is 7.64. The number of aliphatic hydroxyl groups excluding tert-OH is 1. The van der Waals surface area contributed by atoms with E-state index in [4.69, 9.17) is 9.94 Å². The number of carbonyl (C=O) groups excluding carboxylic acids is 1. The van der Waals surface area contributed by atoms with Gasteiger partial charge in [-0.1, -0.05) is 0 Å².